The van der Waals surface area contributed by atoms with Crippen LogP contribution in [-0.2, 0) is 13.0 Å². The molecule has 3 heteroatoms. The van der Waals surface area contributed by atoms with Gasteiger partial charge in [0.25, 0.3) is 0 Å². The molecular formula is C22H23N3. The van der Waals surface area contributed by atoms with E-state index in [-0.39, 0.29) is 0 Å². The Balaban J connectivity index is 1.39. The molecule has 1 aromatic heterocycles. The molecule has 1 aliphatic rings. The van der Waals surface area contributed by atoms with Crippen molar-refractivity contribution < 1.29 is 0 Å². The van der Waals surface area contributed by atoms with Gasteiger partial charge in [-0.15, -0.1) is 6.42 Å². The highest BCUT2D eigenvalue weighted by molar-refractivity contribution is 5.78. The van der Waals surface area contributed by atoms with Gasteiger partial charge in [-0.3, -0.25) is 10.00 Å². The maximum Gasteiger partial charge on any atom is 0.0650 e. The molecule has 1 N–H and O–H groups in total. The summed E-state index contributed by atoms with van der Waals surface area (Å²) in [7, 11) is 0. The third kappa shape index (κ3) is 3.75. The van der Waals surface area contributed by atoms with Crippen molar-refractivity contribution in [3.63, 3.8) is 0 Å². The van der Waals surface area contributed by atoms with E-state index < -0.39 is 0 Å². The van der Waals surface area contributed by atoms with E-state index >= 15 is 0 Å². The van der Waals surface area contributed by atoms with Gasteiger partial charge in [-0.05, 0) is 67.1 Å². The normalized spacial score (nSPS) is 18.3. The van der Waals surface area contributed by atoms with Crippen LogP contribution in [0.15, 0.2) is 48.7 Å². The minimum absolute atomic E-state index is 0.725. The number of rotatable bonds is 4. The van der Waals surface area contributed by atoms with Gasteiger partial charge in [0.05, 0.1) is 11.7 Å². The van der Waals surface area contributed by atoms with Crippen LogP contribution in [-0.4, -0.2) is 28.2 Å². The average molecular weight is 329 g/mol. The molecule has 0 saturated carbocycles. The van der Waals surface area contributed by atoms with Crippen molar-refractivity contribution in [3.05, 3.63) is 65.4 Å². The number of nitrogens with one attached hydrogen (secondary N) is 1. The quantitative estimate of drug-likeness (QED) is 0.734. The predicted molar refractivity (Wildman–Crippen MR) is 102 cm³/mol. The average Bonchev–Trinajstić information content (AvgIpc) is 3.10. The summed E-state index contributed by atoms with van der Waals surface area (Å²) in [6, 6.07) is 15.0. The summed E-state index contributed by atoms with van der Waals surface area (Å²) in [4.78, 5) is 2.58. The number of fused-ring (bicyclic) bond motifs is 1. The highest BCUT2D eigenvalue weighted by Crippen LogP contribution is 2.24. The Kier molecular flexibility index (Phi) is 4.54. The van der Waals surface area contributed by atoms with Gasteiger partial charge < -0.3 is 0 Å². The summed E-state index contributed by atoms with van der Waals surface area (Å²) >= 11 is 0. The van der Waals surface area contributed by atoms with Crippen LogP contribution in [0.2, 0.25) is 0 Å². The Hall–Kier alpha value is -2.57. The highest BCUT2D eigenvalue weighted by atomic mass is 15.1. The number of H-pyrrole nitrogens is 1. The minimum Gasteiger partial charge on any atom is -0.299 e. The molecule has 3 nitrogen and oxygen atoms in total. The smallest absolute Gasteiger partial charge is 0.0650 e. The summed E-state index contributed by atoms with van der Waals surface area (Å²) < 4.78 is 0. The second kappa shape index (κ2) is 7.13. The van der Waals surface area contributed by atoms with Gasteiger partial charge in [-0.1, -0.05) is 24.1 Å². The van der Waals surface area contributed by atoms with Crippen molar-refractivity contribution >= 4 is 10.9 Å². The van der Waals surface area contributed by atoms with Gasteiger partial charge in [-0.2, -0.15) is 5.10 Å². The molecule has 1 fully saturated rings. The van der Waals surface area contributed by atoms with E-state index in [1.54, 1.807) is 0 Å². The third-order valence-electron chi connectivity index (χ3n) is 5.16. The van der Waals surface area contributed by atoms with E-state index in [2.05, 4.69) is 51.3 Å². The van der Waals surface area contributed by atoms with E-state index in [0.29, 0.717) is 0 Å². The lowest BCUT2D eigenvalue weighted by Gasteiger charge is -2.33. The van der Waals surface area contributed by atoms with E-state index in [9.17, 15) is 0 Å². The number of nitrogens with zero attached hydrogens (tertiary/aromatic N) is 2. The molecule has 0 amide bonds. The van der Waals surface area contributed by atoms with E-state index in [1.807, 2.05) is 18.3 Å². The number of benzene rings is 2. The van der Waals surface area contributed by atoms with Gasteiger partial charge in [0.15, 0.2) is 0 Å². The number of aromatic amines is 1. The second-order valence-electron chi connectivity index (χ2n) is 7.08. The second-order valence-corrected chi connectivity index (χ2v) is 7.08. The van der Waals surface area contributed by atoms with Crippen molar-refractivity contribution in [1.82, 2.24) is 15.1 Å². The Morgan fingerprint density at radius 3 is 2.84 bits per heavy atom. The summed E-state index contributed by atoms with van der Waals surface area (Å²) in [5.74, 6) is 3.41. The van der Waals surface area contributed by atoms with Crippen molar-refractivity contribution in [2.45, 2.75) is 25.8 Å². The molecular weight excluding hydrogens is 306 g/mol. The molecule has 2 aromatic carbocycles. The SMILES string of the molecule is C#Cc1ccc(CN2CCCC(Cc3ccc4[nH]ncc4c3)C2)cc1. The van der Waals surface area contributed by atoms with Crippen molar-refractivity contribution in [3.8, 4) is 12.3 Å². The van der Waals surface area contributed by atoms with Crippen LogP contribution in [0.5, 0.6) is 0 Å². The summed E-state index contributed by atoms with van der Waals surface area (Å²) in [6.07, 6.45) is 11.1. The van der Waals surface area contributed by atoms with E-state index in [0.717, 1.165) is 30.0 Å². The number of hydrogen-bond donors (Lipinski definition) is 1. The van der Waals surface area contributed by atoms with Crippen LogP contribution in [0.1, 0.15) is 29.5 Å². The lowest BCUT2D eigenvalue weighted by Crippen LogP contribution is -2.35. The fourth-order valence-corrected chi connectivity index (χ4v) is 3.88. The maximum atomic E-state index is 5.44. The lowest BCUT2D eigenvalue weighted by molar-refractivity contribution is 0.167. The molecule has 126 valence electrons. The first-order valence-corrected chi connectivity index (χ1v) is 9.00. The van der Waals surface area contributed by atoms with E-state index in [1.165, 1.54) is 42.4 Å². The zero-order valence-corrected chi connectivity index (χ0v) is 14.4. The van der Waals surface area contributed by atoms with E-state index in [4.69, 9.17) is 6.42 Å². The Morgan fingerprint density at radius 1 is 1.16 bits per heavy atom. The molecule has 1 saturated heterocycles. The molecule has 25 heavy (non-hydrogen) atoms. The number of piperidine rings is 1. The summed E-state index contributed by atoms with van der Waals surface area (Å²) in [6.45, 7) is 3.37. The van der Waals surface area contributed by atoms with Crippen LogP contribution in [0.3, 0.4) is 0 Å². The Morgan fingerprint density at radius 2 is 2.00 bits per heavy atom. The molecule has 3 aromatic rings. The zero-order chi connectivity index (χ0) is 17.1. The highest BCUT2D eigenvalue weighted by Gasteiger charge is 2.20. The molecule has 1 unspecified atom stereocenters. The monoisotopic (exact) mass is 329 g/mol. The first-order valence-electron chi connectivity index (χ1n) is 9.00. The summed E-state index contributed by atoms with van der Waals surface area (Å²) in [5.41, 5.74) is 4.83. The molecule has 1 atom stereocenters. The van der Waals surface area contributed by atoms with Gasteiger partial charge in [0.1, 0.15) is 0 Å². The molecule has 4 rings (SSSR count). The van der Waals surface area contributed by atoms with Crippen LogP contribution in [0.25, 0.3) is 10.9 Å². The maximum absolute atomic E-state index is 5.44. The third-order valence-corrected chi connectivity index (χ3v) is 5.16. The predicted octanol–water partition coefficient (Wildman–Crippen LogP) is 4.00. The van der Waals surface area contributed by atoms with Crippen LogP contribution < -0.4 is 0 Å². The molecule has 0 radical (unpaired) electrons. The number of terminal acetylenes is 1. The van der Waals surface area contributed by atoms with Gasteiger partial charge >= 0.3 is 0 Å². The lowest BCUT2D eigenvalue weighted by atomic mass is 9.90. The number of aromatic nitrogens is 2. The van der Waals surface area contributed by atoms with Gasteiger partial charge in [0, 0.05) is 24.0 Å². The summed E-state index contributed by atoms with van der Waals surface area (Å²) in [5, 5.41) is 8.34. The van der Waals surface area contributed by atoms with Gasteiger partial charge in [0.2, 0.25) is 0 Å². The minimum atomic E-state index is 0.725. The molecule has 0 bridgehead atoms. The zero-order valence-electron chi connectivity index (χ0n) is 14.4. The Labute approximate surface area is 149 Å². The van der Waals surface area contributed by atoms with Crippen LogP contribution >= 0.6 is 0 Å². The van der Waals surface area contributed by atoms with Crippen molar-refractivity contribution in [2.24, 2.45) is 5.92 Å². The van der Waals surface area contributed by atoms with Gasteiger partial charge in [-0.25, -0.2) is 0 Å². The number of likely N-dealkylation sites (tertiary alicyclic amines) is 1. The number of hydrogen-bond acceptors (Lipinski definition) is 2. The first kappa shape index (κ1) is 15.9. The van der Waals surface area contributed by atoms with Crippen molar-refractivity contribution in [2.75, 3.05) is 13.1 Å². The fraction of sp³-hybridized carbons (Fsp3) is 0.318. The molecule has 2 heterocycles. The standard InChI is InChI=1S/C22H23N3/c1-2-17-5-7-18(8-6-17)15-25-11-3-4-20(16-25)12-19-9-10-22-21(13-19)14-23-24-22/h1,5-10,13-14,20H,3-4,11-12,15-16H2,(H,23,24). The van der Waals surface area contributed by atoms with Crippen molar-refractivity contribution in [1.29, 1.82) is 0 Å². The fourth-order valence-electron chi connectivity index (χ4n) is 3.88. The first-order chi connectivity index (χ1) is 12.3. The molecule has 0 spiro atoms. The molecule has 1 aliphatic heterocycles. The molecule has 0 aliphatic carbocycles. The topological polar surface area (TPSA) is 31.9 Å². The van der Waals surface area contributed by atoms with Crippen LogP contribution in [0, 0.1) is 18.3 Å². The Bertz CT molecular complexity index is 886. The largest absolute Gasteiger partial charge is 0.299 e. The van der Waals surface area contributed by atoms with Crippen LogP contribution in [0.4, 0.5) is 0 Å².